The number of nitrogens with one attached hydrogen (secondary N) is 2. The molecule has 2 N–H and O–H groups in total. The van der Waals surface area contributed by atoms with Gasteiger partial charge in [-0.25, -0.2) is 14.2 Å². The molecule has 3 aromatic heterocycles. The molecule has 0 fully saturated rings. The Morgan fingerprint density at radius 3 is 2.55 bits per heavy atom. The number of pyridine rings is 1. The molecule has 11 nitrogen and oxygen atoms in total. The number of rotatable bonds is 11. The van der Waals surface area contributed by atoms with Crippen LogP contribution in [0.4, 0.5) is 14.9 Å². The van der Waals surface area contributed by atoms with E-state index in [9.17, 15) is 9.59 Å². The quantitative estimate of drug-likeness (QED) is 0.139. The van der Waals surface area contributed by atoms with Crippen LogP contribution in [0.5, 0.6) is 11.5 Å². The summed E-state index contributed by atoms with van der Waals surface area (Å²) < 4.78 is 34.7. The zero-order valence-corrected chi connectivity index (χ0v) is 29.4. The van der Waals surface area contributed by atoms with Crippen LogP contribution in [0.15, 0.2) is 73.1 Å². The van der Waals surface area contributed by atoms with Crippen LogP contribution in [0.3, 0.4) is 0 Å². The number of halogens is 1. The highest BCUT2D eigenvalue weighted by Gasteiger charge is 2.24. The lowest BCUT2D eigenvalue weighted by Gasteiger charge is -2.27. The van der Waals surface area contributed by atoms with Crippen molar-refractivity contribution in [2.24, 2.45) is 7.05 Å². The Hall–Kier alpha value is -4.92. The van der Waals surface area contributed by atoms with Crippen molar-refractivity contribution in [2.75, 3.05) is 25.6 Å². The standard InChI is InChI=1S/C35H37FN6O5S2/c1-35(2,3)47-34(44)42(15-16-45-5)21-24-20-38-32(41(24)4)29-19-26-31(49-29)28(13-14-37-26)46-27-12-11-23(18-25(27)36)39-33(48)40-30(43)17-22-9-7-6-8-10-22/h6-14,18-20H,15-17,21H2,1-5H3,(H2,39,40,43,48). The van der Waals surface area contributed by atoms with E-state index in [-0.39, 0.29) is 29.7 Å². The number of hydrogen-bond donors (Lipinski definition) is 2. The lowest BCUT2D eigenvalue weighted by Crippen LogP contribution is -2.38. The Morgan fingerprint density at radius 1 is 1.06 bits per heavy atom. The van der Waals surface area contributed by atoms with E-state index in [4.69, 9.17) is 26.4 Å². The van der Waals surface area contributed by atoms with E-state index in [2.05, 4.69) is 20.6 Å². The molecule has 0 radical (unpaired) electrons. The van der Waals surface area contributed by atoms with E-state index < -0.39 is 17.5 Å². The lowest BCUT2D eigenvalue weighted by molar-refractivity contribution is -0.119. The summed E-state index contributed by atoms with van der Waals surface area (Å²) in [4.78, 5) is 36.7. The summed E-state index contributed by atoms with van der Waals surface area (Å²) in [6.45, 7) is 6.45. The minimum atomic E-state index is -0.638. The summed E-state index contributed by atoms with van der Waals surface area (Å²) in [6, 6.07) is 17.2. The fraction of sp³-hybridized carbons (Fsp3) is 0.286. The third kappa shape index (κ3) is 9.37. The van der Waals surface area contributed by atoms with Gasteiger partial charge in [0.1, 0.15) is 17.2 Å². The van der Waals surface area contributed by atoms with Gasteiger partial charge in [0.25, 0.3) is 0 Å². The number of carbonyl (C=O) groups excluding carboxylic acids is 2. The Balaban J connectivity index is 1.28. The molecule has 5 aromatic rings. The van der Waals surface area contributed by atoms with Gasteiger partial charge in [0.05, 0.1) is 46.6 Å². The normalized spacial score (nSPS) is 11.3. The number of aromatic nitrogens is 3. The van der Waals surface area contributed by atoms with Crippen molar-refractivity contribution in [1.82, 2.24) is 24.8 Å². The fourth-order valence-corrected chi connectivity index (χ4v) is 6.11. The van der Waals surface area contributed by atoms with E-state index in [1.165, 1.54) is 23.5 Å². The Labute approximate surface area is 293 Å². The smallest absolute Gasteiger partial charge is 0.410 e. The van der Waals surface area contributed by atoms with Crippen molar-refractivity contribution in [3.05, 3.63) is 90.1 Å². The number of ether oxygens (including phenoxy) is 3. The van der Waals surface area contributed by atoms with Crippen molar-refractivity contribution in [1.29, 1.82) is 0 Å². The molecule has 49 heavy (non-hydrogen) atoms. The van der Waals surface area contributed by atoms with Gasteiger partial charge < -0.3 is 34.3 Å². The summed E-state index contributed by atoms with van der Waals surface area (Å²) in [6.07, 6.45) is 3.04. The van der Waals surface area contributed by atoms with Crippen molar-refractivity contribution < 1.29 is 28.2 Å². The number of carbonyl (C=O) groups is 2. The number of nitrogens with zero attached hydrogens (tertiary/aromatic N) is 4. The van der Waals surface area contributed by atoms with E-state index in [0.29, 0.717) is 40.6 Å². The molecule has 0 saturated heterocycles. The average Bonchev–Trinajstić information content (AvgIpc) is 3.63. The van der Waals surface area contributed by atoms with Crippen molar-refractivity contribution in [2.45, 2.75) is 39.3 Å². The lowest BCUT2D eigenvalue weighted by atomic mass is 10.1. The number of imidazole rings is 1. The topological polar surface area (TPSA) is 120 Å². The van der Waals surface area contributed by atoms with Gasteiger partial charge in [0.2, 0.25) is 5.91 Å². The molecule has 5 rings (SSSR count). The Bertz CT molecular complexity index is 1960. The SMILES string of the molecule is COCCN(Cc1cnc(-c2cc3nccc(Oc4ccc(NC(=S)NC(=O)Cc5ccccc5)cc4F)c3s2)n1C)C(=O)OC(C)(C)C. The number of anilines is 1. The second-order valence-corrected chi connectivity index (χ2v) is 13.5. The van der Waals surface area contributed by atoms with Crippen LogP contribution in [-0.4, -0.2) is 62.4 Å². The predicted molar refractivity (Wildman–Crippen MR) is 191 cm³/mol. The van der Waals surface area contributed by atoms with Crippen molar-refractivity contribution in [3.8, 4) is 22.2 Å². The van der Waals surface area contributed by atoms with Gasteiger partial charge in [0, 0.05) is 44.7 Å². The van der Waals surface area contributed by atoms with Gasteiger partial charge >= 0.3 is 6.09 Å². The summed E-state index contributed by atoms with van der Waals surface area (Å²) >= 11 is 6.65. The largest absolute Gasteiger partial charge is 0.453 e. The maximum atomic E-state index is 15.2. The van der Waals surface area contributed by atoms with Crippen LogP contribution >= 0.6 is 23.6 Å². The molecular formula is C35H37FN6O5S2. The highest BCUT2D eigenvalue weighted by atomic mass is 32.1. The van der Waals surface area contributed by atoms with Crippen LogP contribution in [0.2, 0.25) is 0 Å². The molecule has 0 aliphatic heterocycles. The number of benzene rings is 2. The summed E-state index contributed by atoms with van der Waals surface area (Å²) in [5.74, 6) is 0.196. The monoisotopic (exact) mass is 704 g/mol. The van der Waals surface area contributed by atoms with Crippen LogP contribution in [0, 0.1) is 5.82 Å². The van der Waals surface area contributed by atoms with E-state index in [1.807, 2.05) is 68.8 Å². The molecule has 0 atom stereocenters. The maximum absolute atomic E-state index is 15.2. The second kappa shape index (κ2) is 15.5. The second-order valence-electron chi connectivity index (χ2n) is 12.1. The summed E-state index contributed by atoms with van der Waals surface area (Å²) in [7, 11) is 3.46. The Kier molecular flexibility index (Phi) is 11.2. The minimum absolute atomic E-state index is 0.00426. The number of thiocarbonyl (C=S) groups is 1. The third-order valence-electron chi connectivity index (χ3n) is 7.12. The molecule has 3 heterocycles. The number of fused-ring (bicyclic) bond motifs is 1. The third-order valence-corrected chi connectivity index (χ3v) is 8.46. The molecule has 14 heteroatoms. The van der Waals surface area contributed by atoms with E-state index >= 15 is 4.39 Å². The van der Waals surface area contributed by atoms with Crippen LogP contribution in [-0.2, 0) is 34.3 Å². The predicted octanol–water partition coefficient (Wildman–Crippen LogP) is 7.07. The minimum Gasteiger partial charge on any atom is -0.453 e. The van der Waals surface area contributed by atoms with Crippen molar-refractivity contribution in [3.63, 3.8) is 0 Å². The molecule has 0 saturated carbocycles. The molecule has 256 valence electrons. The van der Waals surface area contributed by atoms with Crippen LogP contribution in [0.25, 0.3) is 20.9 Å². The zero-order valence-electron chi connectivity index (χ0n) is 27.8. The van der Waals surface area contributed by atoms with Crippen molar-refractivity contribution >= 4 is 56.6 Å². The molecule has 0 aliphatic carbocycles. The van der Waals surface area contributed by atoms with Gasteiger partial charge in [-0.2, -0.15) is 0 Å². The summed E-state index contributed by atoms with van der Waals surface area (Å²) in [5, 5.41) is 5.50. The van der Waals surface area contributed by atoms with E-state index in [1.54, 1.807) is 36.5 Å². The molecule has 0 bridgehead atoms. The first-order valence-corrected chi connectivity index (χ1v) is 16.6. The number of hydrogen-bond acceptors (Lipinski definition) is 9. The van der Waals surface area contributed by atoms with Gasteiger partial charge in [-0.1, -0.05) is 30.3 Å². The first kappa shape index (κ1) is 35.4. The molecule has 0 unspecified atom stereocenters. The van der Waals surface area contributed by atoms with Crippen LogP contribution < -0.4 is 15.4 Å². The fourth-order valence-electron chi connectivity index (χ4n) is 4.78. The highest BCUT2D eigenvalue weighted by Crippen LogP contribution is 2.39. The molecule has 2 aromatic carbocycles. The average molecular weight is 705 g/mol. The Morgan fingerprint density at radius 2 is 1.84 bits per heavy atom. The molecule has 2 amide bonds. The number of amides is 2. The number of methoxy groups -OCH3 is 1. The molecule has 0 spiro atoms. The number of thiophene rings is 1. The van der Waals surface area contributed by atoms with Gasteiger partial charge in [0.15, 0.2) is 16.7 Å². The first-order chi connectivity index (χ1) is 23.4. The van der Waals surface area contributed by atoms with Gasteiger partial charge in [-0.15, -0.1) is 11.3 Å². The van der Waals surface area contributed by atoms with E-state index in [0.717, 1.165) is 16.1 Å². The van der Waals surface area contributed by atoms with Gasteiger partial charge in [-0.05, 0) is 56.8 Å². The first-order valence-electron chi connectivity index (χ1n) is 15.4. The van der Waals surface area contributed by atoms with Gasteiger partial charge in [-0.3, -0.25) is 9.78 Å². The summed E-state index contributed by atoms with van der Waals surface area (Å²) in [5.41, 5.74) is 2.02. The molecule has 0 aliphatic rings. The zero-order chi connectivity index (χ0) is 35.1. The van der Waals surface area contributed by atoms with Crippen LogP contribution in [0.1, 0.15) is 32.0 Å². The highest BCUT2D eigenvalue weighted by molar-refractivity contribution is 7.80. The molecular weight excluding hydrogens is 668 g/mol. The maximum Gasteiger partial charge on any atom is 0.410 e.